The summed E-state index contributed by atoms with van der Waals surface area (Å²) in [7, 11) is 0. The van der Waals surface area contributed by atoms with Crippen LogP contribution in [-0.2, 0) is 0 Å². The average Bonchev–Trinajstić information content (AvgIpc) is 2.82. The van der Waals surface area contributed by atoms with Crippen molar-refractivity contribution in [2.24, 2.45) is 5.73 Å². The topological polar surface area (TPSA) is 91.4 Å². The first-order chi connectivity index (χ1) is 9.21. The van der Waals surface area contributed by atoms with Gasteiger partial charge in [0.05, 0.1) is 12.4 Å². The van der Waals surface area contributed by atoms with Crippen LogP contribution >= 0.6 is 11.6 Å². The fourth-order valence-corrected chi connectivity index (χ4v) is 2.11. The maximum absolute atomic E-state index is 9.14. The molecule has 94 valence electrons. The number of benzene rings is 1. The van der Waals surface area contributed by atoms with E-state index in [-0.39, 0.29) is 24.0 Å². The largest absolute Gasteiger partial charge is 0.328 e. The van der Waals surface area contributed by atoms with Crippen LogP contribution in [0.4, 0.5) is 0 Å². The number of nitriles is 2. The Hall–Kier alpha value is -2.34. The fraction of sp³-hybridized carbons (Fsp3) is 0.154. The Morgan fingerprint density at radius 1 is 1.37 bits per heavy atom. The third-order valence-corrected chi connectivity index (χ3v) is 3.03. The van der Waals surface area contributed by atoms with Crippen molar-refractivity contribution < 1.29 is 0 Å². The molecule has 1 atom stereocenters. The normalized spacial score (nSPS) is 11.6. The van der Waals surface area contributed by atoms with Crippen molar-refractivity contribution in [3.63, 3.8) is 0 Å². The molecule has 19 heavy (non-hydrogen) atoms. The van der Waals surface area contributed by atoms with Crippen molar-refractivity contribution in [1.29, 1.82) is 10.5 Å². The van der Waals surface area contributed by atoms with Gasteiger partial charge in [-0.05, 0) is 17.7 Å². The van der Waals surface area contributed by atoms with Gasteiger partial charge in [0.1, 0.15) is 12.1 Å². The third kappa shape index (κ3) is 2.43. The van der Waals surface area contributed by atoms with Gasteiger partial charge < -0.3 is 10.3 Å². The lowest BCUT2D eigenvalue weighted by Gasteiger charge is -2.18. The molecule has 0 saturated carbocycles. The van der Waals surface area contributed by atoms with Gasteiger partial charge >= 0.3 is 0 Å². The first-order valence-corrected chi connectivity index (χ1v) is 5.91. The van der Waals surface area contributed by atoms with Gasteiger partial charge in [0.15, 0.2) is 11.4 Å². The SMILES string of the molecule is N#Cc1ncn(C(CN)c2cccc(Cl)c2)c1C#N. The molecule has 0 aliphatic heterocycles. The second-order valence-corrected chi connectivity index (χ2v) is 4.32. The highest BCUT2D eigenvalue weighted by Crippen LogP contribution is 2.23. The summed E-state index contributed by atoms with van der Waals surface area (Å²) in [5, 5.41) is 18.6. The van der Waals surface area contributed by atoms with Gasteiger partial charge in [-0.25, -0.2) is 4.98 Å². The Morgan fingerprint density at radius 3 is 2.74 bits per heavy atom. The van der Waals surface area contributed by atoms with Crippen molar-refractivity contribution in [2.45, 2.75) is 6.04 Å². The van der Waals surface area contributed by atoms with Gasteiger partial charge in [-0.1, -0.05) is 23.7 Å². The van der Waals surface area contributed by atoms with Crippen LogP contribution in [0.2, 0.25) is 5.02 Å². The van der Waals surface area contributed by atoms with Gasteiger partial charge in [-0.2, -0.15) is 10.5 Å². The average molecular weight is 272 g/mol. The molecule has 2 N–H and O–H groups in total. The molecule has 0 saturated heterocycles. The highest BCUT2D eigenvalue weighted by atomic mass is 35.5. The lowest BCUT2D eigenvalue weighted by atomic mass is 10.1. The van der Waals surface area contributed by atoms with Crippen molar-refractivity contribution in [2.75, 3.05) is 6.54 Å². The fourth-order valence-electron chi connectivity index (χ4n) is 1.91. The quantitative estimate of drug-likeness (QED) is 0.922. The van der Waals surface area contributed by atoms with Gasteiger partial charge in [-0.3, -0.25) is 0 Å². The van der Waals surface area contributed by atoms with Gasteiger partial charge in [0, 0.05) is 11.6 Å². The number of rotatable bonds is 3. The molecule has 1 aromatic heterocycles. The Kier molecular flexibility index (Phi) is 3.82. The highest BCUT2D eigenvalue weighted by Gasteiger charge is 2.18. The zero-order valence-electron chi connectivity index (χ0n) is 9.92. The van der Waals surface area contributed by atoms with Crippen LogP contribution < -0.4 is 5.73 Å². The smallest absolute Gasteiger partial charge is 0.176 e. The van der Waals surface area contributed by atoms with E-state index in [1.165, 1.54) is 6.33 Å². The Morgan fingerprint density at radius 2 is 2.16 bits per heavy atom. The maximum atomic E-state index is 9.14. The van der Waals surface area contributed by atoms with E-state index in [1.807, 2.05) is 24.3 Å². The number of nitrogens with zero attached hydrogens (tertiary/aromatic N) is 4. The molecule has 6 heteroatoms. The molecule has 0 spiro atoms. The number of hydrogen-bond acceptors (Lipinski definition) is 4. The first kappa shape index (κ1) is 13.1. The van der Waals surface area contributed by atoms with Crippen molar-refractivity contribution in [3.8, 4) is 12.1 Å². The summed E-state index contributed by atoms with van der Waals surface area (Å²) >= 11 is 5.96. The maximum Gasteiger partial charge on any atom is 0.176 e. The molecule has 0 fully saturated rings. The van der Waals surface area contributed by atoms with E-state index in [0.717, 1.165) is 5.56 Å². The predicted molar refractivity (Wildman–Crippen MR) is 70.3 cm³/mol. The van der Waals surface area contributed by atoms with E-state index in [0.29, 0.717) is 5.02 Å². The zero-order valence-corrected chi connectivity index (χ0v) is 10.7. The minimum atomic E-state index is -0.275. The molecule has 0 aliphatic rings. The molecule has 0 radical (unpaired) electrons. The van der Waals surface area contributed by atoms with E-state index in [4.69, 9.17) is 27.9 Å². The lowest BCUT2D eigenvalue weighted by molar-refractivity contribution is 0.588. The molecule has 0 aliphatic carbocycles. The van der Waals surface area contributed by atoms with E-state index in [9.17, 15) is 0 Å². The van der Waals surface area contributed by atoms with Crippen LogP contribution in [0.25, 0.3) is 0 Å². The molecule has 0 bridgehead atoms. The zero-order chi connectivity index (χ0) is 13.8. The molecular formula is C13H10ClN5. The number of imidazole rings is 1. The van der Waals surface area contributed by atoms with Crippen LogP contribution in [0.15, 0.2) is 30.6 Å². The van der Waals surface area contributed by atoms with Gasteiger partial charge in [-0.15, -0.1) is 0 Å². The monoisotopic (exact) mass is 271 g/mol. The van der Waals surface area contributed by atoms with E-state index in [2.05, 4.69) is 4.98 Å². The second-order valence-electron chi connectivity index (χ2n) is 3.88. The number of hydrogen-bond donors (Lipinski definition) is 1. The molecule has 1 unspecified atom stereocenters. The van der Waals surface area contributed by atoms with Crippen LogP contribution in [-0.4, -0.2) is 16.1 Å². The van der Waals surface area contributed by atoms with Crippen molar-refractivity contribution in [3.05, 3.63) is 52.6 Å². The molecule has 1 aromatic carbocycles. The molecule has 0 amide bonds. The Bertz CT molecular complexity index is 677. The van der Waals surface area contributed by atoms with Crippen LogP contribution in [0.5, 0.6) is 0 Å². The second kappa shape index (κ2) is 5.53. The summed E-state index contributed by atoms with van der Waals surface area (Å²) in [5.41, 5.74) is 6.95. The van der Waals surface area contributed by atoms with E-state index >= 15 is 0 Å². The predicted octanol–water partition coefficient (Wildman–Crippen LogP) is 1.83. The summed E-state index contributed by atoms with van der Waals surface area (Å²) in [6, 6.07) is 10.8. The number of nitrogens with two attached hydrogens (primary N) is 1. The molecule has 5 nitrogen and oxygen atoms in total. The molecular weight excluding hydrogens is 262 g/mol. The third-order valence-electron chi connectivity index (χ3n) is 2.80. The standard InChI is InChI=1S/C13H10ClN5/c14-10-3-1-2-9(4-10)12(6-16)19-8-18-11(5-15)13(19)7-17/h1-4,8,12H,6,16H2. The van der Waals surface area contributed by atoms with Crippen LogP contribution in [0, 0.1) is 22.7 Å². The van der Waals surface area contributed by atoms with Crippen molar-refractivity contribution in [1.82, 2.24) is 9.55 Å². The van der Waals surface area contributed by atoms with Crippen LogP contribution in [0.1, 0.15) is 23.0 Å². The number of aromatic nitrogens is 2. The van der Waals surface area contributed by atoms with Crippen molar-refractivity contribution >= 4 is 11.6 Å². The number of halogens is 1. The Labute approximate surface area is 115 Å². The minimum absolute atomic E-state index is 0.1000. The molecule has 1 heterocycles. The summed E-state index contributed by atoms with van der Waals surface area (Å²) in [4.78, 5) is 3.91. The summed E-state index contributed by atoms with van der Waals surface area (Å²) < 4.78 is 1.60. The van der Waals surface area contributed by atoms with E-state index in [1.54, 1.807) is 16.7 Å². The molecule has 2 aromatic rings. The van der Waals surface area contributed by atoms with Gasteiger partial charge in [0.25, 0.3) is 0 Å². The Balaban J connectivity index is 2.53. The lowest BCUT2D eigenvalue weighted by Crippen LogP contribution is -2.21. The van der Waals surface area contributed by atoms with Crippen LogP contribution in [0.3, 0.4) is 0 Å². The minimum Gasteiger partial charge on any atom is -0.328 e. The summed E-state index contributed by atoms with van der Waals surface area (Å²) in [6.07, 6.45) is 1.45. The van der Waals surface area contributed by atoms with E-state index < -0.39 is 0 Å². The summed E-state index contributed by atoms with van der Waals surface area (Å²) in [5.74, 6) is 0. The van der Waals surface area contributed by atoms with Gasteiger partial charge in [0.2, 0.25) is 0 Å². The first-order valence-electron chi connectivity index (χ1n) is 5.53. The molecule has 2 rings (SSSR count). The summed E-state index contributed by atoms with van der Waals surface area (Å²) in [6.45, 7) is 0.274. The highest BCUT2D eigenvalue weighted by molar-refractivity contribution is 6.30.